The SMILES string of the molecule is CC1=CC(C)(c2cccc(C=O)n2)N=N1. The highest BCUT2D eigenvalue weighted by Crippen LogP contribution is 2.32. The Labute approximate surface area is 87.8 Å². The summed E-state index contributed by atoms with van der Waals surface area (Å²) in [5.74, 6) is 0. The van der Waals surface area contributed by atoms with E-state index in [-0.39, 0.29) is 0 Å². The first kappa shape index (κ1) is 9.71. The van der Waals surface area contributed by atoms with E-state index in [1.807, 2.05) is 26.0 Å². The number of hydrogen-bond donors (Lipinski definition) is 0. The number of pyridine rings is 1. The lowest BCUT2D eigenvalue weighted by Crippen LogP contribution is -2.16. The van der Waals surface area contributed by atoms with E-state index in [0.29, 0.717) is 5.69 Å². The Morgan fingerprint density at radius 3 is 2.80 bits per heavy atom. The molecule has 1 aliphatic heterocycles. The van der Waals surface area contributed by atoms with Crippen molar-refractivity contribution < 1.29 is 4.79 Å². The molecule has 0 saturated carbocycles. The van der Waals surface area contributed by atoms with Crippen molar-refractivity contribution in [3.63, 3.8) is 0 Å². The first-order valence-electron chi connectivity index (χ1n) is 4.69. The van der Waals surface area contributed by atoms with Crippen LogP contribution < -0.4 is 0 Å². The maximum atomic E-state index is 10.6. The summed E-state index contributed by atoms with van der Waals surface area (Å²) < 4.78 is 0. The second-order valence-electron chi connectivity index (χ2n) is 3.70. The van der Waals surface area contributed by atoms with Gasteiger partial charge in [-0.15, -0.1) is 0 Å². The average Bonchev–Trinajstić information content (AvgIpc) is 2.60. The predicted molar refractivity (Wildman–Crippen MR) is 55.6 cm³/mol. The summed E-state index contributed by atoms with van der Waals surface area (Å²) in [6.07, 6.45) is 2.67. The molecule has 2 heterocycles. The Bertz CT molecular complexity index is 465. The Kier molecular flexibility index (Phi) is 2.19. The van der Waals surface area contributed by atoms with E-state index < -0.39 is 5.54 Å². The van der Waals surface area contributed by atoms with E-state index in [4.69, 9.17) is 0 Å². The van der Waals surface area contributed by atoms with Gasteiger partial charge in [-0.3, -0.25) is 4.79 Å². The highest BCUT2D eigenvalue weighted by molar-refractivity contribution is 5.71. The van der Waals surface area contributed by atoms with Gasteiger partial charge < -0.3 is 0 Å². The van der Waals surface area contributed by atoms with Crippen molar-refractivity contribution in [2.45, 2.75) is 19.4 Å². The molecule has 1 unspecified atom stereocenters. The van der Waals surface area contributed by atoms with Crippen molar-refractivity contribution in [3.8, 4) is 0 Å². The number of carbonyl (C=O) groups is 1. The normalized spacial score (nSPS) is 24.0. The van der Waals surface area contributed by atoms with Crippen LogP contribution in [0.15, 0.2) is 40.2 Å². The minimum absolute atomic E-state index is 0.418. The fraction of sp³-hybridized carbons (Fsp3) is 0.273. The lowest BCUT2D eigenvalue weighted by molar-refractivity contribution is 0.111. The number of nitrogens with zero attached hydrogens (tertiary/aromatic N) is 3. The Morgan fingerprint density at radius 1 is 1.40 bits per heavy atom. The van der Waals surface area contributed by atoms with E-state index in [0.717, 1.165) is 17.7 Å². The van der Waals surface area contributed by atoms with Crippen molar-refractivity contribution in [1.29, 1.82) is 0 Å². The molecule has 0 fully saturated rings. The molecule has 1 aromatic rings. The highest BCUT2D eigenvalue weighted by Gasteiger charge is 2.29. The molecule has 0 aliphatic carbocycles. The van der Waals surface area contributed by atoms with Gasteiger partial charge >= 0.3 is 0 Å². The quantitative estimate of drug-likeness (QED) is 0.690. The molecule has 76 valence electrons. The van der Waals surface area contributed by atoms with Gasteiger partial charge in [0.1, 0.15) is 11.2 Å². The zero-order valence-electron chi connectivity index (χ0n) is 8.64. The van der Waals surface area contributed by atoms with Gasteiger partial charge in [0, 0.05) is 0 Å². The van der Waals surface area contributed by atoms with Crippen LogP contribution in [0.25, 0.3) is 0 Å². The molecule has 0 radical (unpaired) electrons. The second-order valence-corrected chi connectivity index (χ2v) is 3.70. The van der Waals surface area contributed by atoms with Gasteiger partial charge in [-0.1, -0.05) is 6.07 Å². The predicted octanol–water partition coefficient (Wildman–Crippen LogP) is 2.48. The number of aldehydes is 1. The van der Waals surface area contributed by atoms with Gasteiger partial charge in [-0.2, -0.15) is 10.2 Å². The molecule has 0 amide bonds. The molecule has 0 saturated heterocycles. The van der Waals surface area contributed by atoms with Crippen molar-refractivity contribution in [3.05, 3.63) is 41.4 Å². The molecule has 2 rings (SSSR count). The van der Waals surface area contributed by atoms with Gasteiger partial charge in [0.15, 0.2) is 6.29 Å². The minimum Gasteiger partial charge on any atom is -0.296 e. The second kappa shape index (κ2) is 3.38. The van der Waals surface area contributed by atoms with Crippen LogP contribution in [-0.2, 0) is 5.54 Å². The fourth-order valence-corrected chi connectivity index (χ4v) is 1.57. The topological polar surface area (TPSA) is 54.7 Å². The van der Waals surface area contributed by atoms with E-state index in [9.17, 15) is 4.79 Å². The summed E-state index contributed by atoms with van der Waals surface area (Å²) in [6.45, 7) is 3.81. The van der Waals surface area contributed by atoms with Crippen LogP contribution in [0, 0.1) is 0 Å². The van der Waals surface area contributed by atoms with Crippen LogP contribution >= 0.6 is 0 Å². The zero-order chi connectivity index (χ0) is 10.9. The summed E-state index contributed by atoms with van der Waals surface area (Å²) >= 11 is 0. The third-order valence-electron chi connectivity index (χ3n) is 2.32. The fourth-order valence-electron chi connectivity index (χ4n) is 1.57. The van der Waals surface area contributed by atoms with Crippen LogP contribution in [0.4, 0.5) is 0 Å². The summed E-state index contributed by atoms with van der Waals surface area (Å²) in [7, 11) is 0. The van der Waals surface area contributed by atoms with Crippen LogP contribution in [0.1, 0.15) is 30.0 Å². The maximum absolute atomic E-state index is 10.6. The standard InChI is InChI=1S/C11H11N3O/c1-8-6-11(2,14-13-8)10-5-3-4-9(7-15)12-10/h3-7H,1-2H3. The van der Waals surface area contributed by atoms with Crippen LogP contribution in [0.3, 0.4) is 0 Å². The number of allylic oxidation sites excluding steroid dienone is 1. The number of aromatic nitrogens is 1. The molecule has 1 aliphatic rings. The van der Waals surface area contributed by atoms with Crippen LogP contribution in [0.2, 0.25) is 0 Å². The van der Waals surface area contributed by atoms with Crippen LogP contribution in [-0.4, -0.2) is 11.3 Å². The van der Waals surface area contributed by atoms with E-state index in [2.05, 4.69) is 15.2 Å². The molecule has 4 heteroatoms. The maximum Gasteiger partial charge on any atom is 0.168 e. The molecule has 0 aromatic carbocycles. The first-order chi connectivity index (χ1) is 7.14. The van der Waals surface area contributed by atoms with E-state index in [1.165, 1.54) is 0 Å². The highest BCUT2D eigenvalue weighted by atomic mass is 16.1. The minimum atomic E-state index is -0.525. The Hall–Kier alpha value is -1.84. The number of carbonyl (C=O) groups excluding carboxylic acids is 1. The van der Waals surface area contributed by atoms with Crippen molar-refractivity contribution >= 4 is 6.29 Å². The van der Waals surface area contributed by atoms with Gasteiger partial charge in [0.25, 0.3) is 0 Å². The lowest BCUT2D eigenvalue weighted by atomic mass is 9.98. The van der Waals surface area contributed by atoms with Crippen LogP contribution in [0.5, 0.6) is 0 Å². The van der Waals surface area contributed by atoms with E-state index >= 15 is 0 Å². The third-order valence-corrected chi connectivity index (χ3v) is 2.32. The van der Waals surface area contributed by atoms with Gasteiger partial charge in [0.05, 0.1) is 11.4 Å². The molecular formula is C11H11N3O. The summed E-state index contributed by atoms with van der Waals surface area (Å²) in [4.78, 5) is 14.8. The Balaban J connectivity index is 2.46. The first-order valence-corrected chi connectivity index (χ1v) is 4.69. The zero-order valence-corrected chi connectivity index (χ0v) is 8.64. The molecule has 0 N–H and O–H groups in total. The van der Waals surface area contributed by atoms with E-state index in [1.54, 1.807) is 12.1 Å². The van der Waals surface area contributed by atoms with Crippen molar-refractivity contribution in [2.75, 3.05) is 0 Å². The number of hydrogen-bond acceptors (Lipinski definition) is 4. The molecule has 0 spiro atoms. The number of rotatable bonds is 2. The monoisotopic (exact) mass is 201 g/mol. The molecular weight excluding hydrogens is 190 g/mol. The van der Waals surface area contributed by atoms with Gasteiger partial charge in [-0.25, -0.2) is 4.98 Å². The van der Waals surface area contributed by atoms with Crippen molar-refractivity contribution in [1.82, 2.24) is 4.98 Å². The lowest BCUT2D eigenvalue weighted by Gasteiger charge is -2.15. The summed E-state index contributed by atoms with van der Waals surface area (Å²) in [6, 6.07) is 5.32. The third kappa shape index (κ3) is 1.70. The molecule has 4 nitrogen and oxygen atoms in total. The summed E-state index contributed by atoms with van der Waals surface area (Å²) in [5, 5.41) is 8.13. The molecule has 1 atom stereocenters. The number of azo groups is 1. The average molecular weight is 201 g/mol. The summed E-state index contributed by atoms with van der Waals surface area (Å²) in [5.41, 5.74) is 1.51. The molecule has 0 bridgehead atoms. The van der Waals surface area contributed by atoms with Crippen molar-refractivity contribution in [2.24, 2.45) is 10.2 Å². The smallest absolute Gasteiger partial charge is 0.168 e. The largest absolute Gasteiger partial charge is 0.296 e. The van der Waals surface area contributed by atoms with Gasteiger partial charge in [0.2, 0.25) is 0 Å². The Morgan fingerprint density at radius 2 is 2.20 bits per heavy atom. The van der Waals surface area contributed by atoms with Gasteiger partial charge in [-0.05, 0) is 32.1 Å². The molecule has 1 aromatic heterocycles. The molecule has 15 heavy (non-hydrogen) atoms.